The molecule has 2 amide bonds. The number of amides is 2. The Morgan fingerprint density at radius 3 is 2.66 bits per heavy atom. The van der Waals surface area contributed by atoms with Crippen molar-refractivity contribution in [1.29, 1.82) is 0 Å². The molecule has 0 aliphatic heterocycles. The van der Waals surface area contributed by atoms with E-state index in [1.807, 2.05) is 0 Å². The molecule has 2 bridgehead atoms. The first-order valence-corrected chi connectivity index (χ1v) is 11.0. The number of aliphatic hydroxyl groups is 1. The minimum atomic E-state index is -1.03. The van der Waals surface area contributed by atoms with Gasteiger partial charge < -0.3 is 20.5 Å². The van der Waals surface area contributed by atoms with Gasteiger partial charge in [0, 0.05) is 23.2 Å². The van der Waals surface area contributed by atoms with Crippen molar-refractivity contribution in [2.24, 2.45) is 5.92 Å². The van der Waals surface area contributed by atoms with Gasteiger partial charge in [0.25, 0.3) is 11.8 Å². The van der Waals surface area contributed by atoms with Crippen LogP contribution in [-0.4, -0.2) is 35.1 Å². The van der Waals surface area contributed by atoms with Gasteiger partial charge in [-0.2, -0.15) is 0 Å². The number of hydrogen-bond donors (Lipinski definition) is 3. The molecule has 2 aromatic carbocycles. The molecule has 170 valence electrons. The molecule has 0 saturated heterocycles. The fourth-order valence-electron chi connectivity index (χ4n) is 4.64. The van der Waals surface area contributed by atoms with Crippen molar-refractivity contribution in [3.8, 4) is 5.75 Å². The summed E-state index contributed by atoms with van der Waals surface area (Å²) in [5, 5.41) is 16.3. The number of ether oxygens (including phenoxy) is 1. The van der Waals surface area contributed by atoms with Crippen LogP contribution in [0.4, 0.5) is 4.39 Å². The highest BCUT2D eigenvalue weighted by atomic mass is 35.5. The van der Waals surface area contributed by atoms with Crippen molar-refractivity contribution >= 4 is 23.4 Å². The quantitative estimate of drug-likeness (QED) is 0.589. The summed E-state index contributed by atoms with van der Waals surface area (Å²) in [5.74, 6) is -0.543. The van der Waals surface area contributed by atoms with E-state index in [-0.39, 0.29) is 40.8 Å². The van der Waals surface area contributed by atoms with E-state index < -0.39 is 11.4 Å². The van der Waals surface area contributed by atoms with E-state index in [1.54, 1.807) is 38.1 Å². The molecular formula is C24H26ClFN2O4. The van der Waals surface area contributed by atoms with Crippen LogP contribution in [-0.2, 0) is 10.4 Å². The molecule has 3 N–H and O–H groups in total. The fourth-order valence-corrected chi connectivity index (χ4v) is 4.76. The van der Waals surface area contributed by atoms with Crippen LogP contribution in [0.15, 0.2) is 42.5 Å². The van der Waals surface area contributed by atoms with Crippen LogP contribution < -0.4 is 15.4 Å². The Hall–Kier alpha value is -2.64. The number of carbonyl (C=O) groups excluding carboxylic acids is 2. The highest BCUT2D eigenvalue weighted by molar-refractivity contribution is 6.30. The van der Waals surface area contributed by atoms with E-state index in [2.05, 4.69) is 10.6 Å². The second-order valence-electron chi connectivity index (χ2n) is 9.29. The van der Waals surface area contributed by atoms with Crippen LogP contribution in [0.25, 0.3) is 0 Å². The summed E-state index contributed by atoms with van der Waals surface area (Å²) < 4.78 is 18.9. The summed E-state index contributed by atoms with van der Waals surface area (Å²) in [7, 11) is 0. The molecule has 3 fully saturated rings. The Labute approximate surface area is 191 Å². The number of carbonyl (C=O) groups is 2. The summed E-state index contributed by atoms with van der Waals surface area (Å²) in [5.41, 5.74) is -0.205. The fraction of sp³-hybridized carbons (Fsp3) is 0.417. The number of benzene rings is 2. The molecule has 0 radical (unpaired) electrons. The highest BCUT2D eigenvalue weighted by Crippen LogP contribution is 2.52. The predicted octanol–water partition coefficient (Wildman–Crippen LogP) is 3.55. The van der Waals surface area contributed by atoms with E-state index in [9.17, 15) is 19.1 Å². The average molecular weight is 461 g/mol. The van der Waals surface area contributed by atoms with Crippen LogP contribution in [0, 0.1) is 11.7 Å². The molecule has 6 nitrogen and oxygen atoms in total. The lowest BCUT2D eigenvalue weighted by molar-refractivity contribution is -0.125. The molecule has 3 saturated carbocycles. The second-order valence-corrected chi connectivity index (χ2v) is 9.69. The monoisotopic (exact) mass is 460 g/mol. The lowest BCUT2D eigenvalue weighted by atomic mass is 9.76. The van der Waals surface area contributed by atoms with Crippen LogP contribution in [0.5, 0.6) is 5.75 Å². The molecule has 5 rings (SSSR count). The Balaban J connectivity index is 1.30. The Morgan fingerprint density at radius 1 is 1.22 bits per heavy atom. The van der Waals surface area contributed by atoms with Gasteiger partial charge in [-0.15, -0.1) is 0 Å². The lowest BCUT2D eigenvalue weighted by Gasteiger charge is -2.39. The molecule has 0 spiro atoms. The second kappa shape index (κ2) is 8.37. The zero-order valence-electron chi connectivity index (χ0n) is 18.0. The predicted molar refractivity (Wildman–Crippen MR) is 118 cm³/mol. The zero-order chi connectivity index (χ0) is 23.1. The molecule has 1 atom stereocenters. The van der Waals surface area contributed by atoms with Gasteiger partial charge in [-0.05, 0) is 68.9 Å². The topological polar surface area (TPSA) is 87.7 Å². The van der Waals surface area contributed by atoms with E-state index in [1.165, 1.54) is 12.1 Å². The van der Waals surface area contributed by atoms with Crippen molar-refractivity contribution in [2.45, 2.75) is 50.3 Å². The average Bonchev–Trinajstić information content (AvgIpc) is 3.21. The largest absolute Gasteiger partial charge is 0.484 e. The van der Waals surface area contributed by atoms with Gasteiger partial charge in [0.1, 0.15) is 11.6 Å². The van der Waals surface area contributed by atoms with Gasteiger partial charge >= 0.3 is 0 Å². The first-order valence-electron chi connectivity index (χ1n) is 10.6. The summed E-state index contributed by atoms with van der Waals surface area (Å²) in [4.78, 5) is 25.1. The minimum absolute atomic E-state index is 0.00737. The van der Waals surface area contributed by atoms with Crippen LogP contribution >= 0.6 is 11.6 Å². The number of rotatable bonds is 7. The first-order chi connectivity index (χ1) is 15.0. The van der Waals surface area contributed by atoms with Crippen LogP contribution in [0.1, 0.15) is 49.0 Å². The molecule has 1 unspecified atom stereocenters. The summed E-state index contributed by atoms with van der Waals surface area (Å²) in [6.45, 7) is 3.12. The molecule has 3 aliphatic carbocycles. The maximum absolute atomic E-state index is 13.5. The van der Waals surface area contributed by atoms with E-state index in [4.69, 9.17) is 16.3 Å². The summed E-state index contributed by atoms with van der Waals surface area (Å²) >= 11 is 5.65. The molecule has 32 heavy (non-hydrogen) atoms. The van der Waals surface area contributed by atoms with Crippen LogP contribution in [0.2, 0.25) is 5.02 Å². The van der Waals surface area contributed by atoms with E-state index in [0.717, 1.165) is 18.9 Å². The van der Waals surface area contributed by atoms with Crippen molar-refractivity contribution < 1.29 is 23.8 Å². The number of nitrogens with one attached hydrogen (secondary N) is 2. The van der Waals surface area contributed by atoms with Crippen LogP contribution in [0.3, 0.4) is 0 Å². The molecular weight excluding hydrogens is 435 g/mol. The van der Waals surface area contributed by atoms with Gasteiger partial charge in [0.15, 0.2) is 6.61 Å². The smallest absolute Gasteiger partial charge is 0.258 e. The lowest BCUT2D eigenvalue weighted by Crippen LogP contribution is -2.53. The van der Waals surface area contributed by atoms with Gasteiger partial charge in [0.05, 0.1) is 10.6 Å². The molecule has 3 aliphatic rings. The minimum Gasteiger partial charge on any atom is -0.484 e. The van der Waals surface area contributed by atoms with Gasteiger partial charge in [-0.1, -0.05) is 23.7 Å². The molecule has 0 heterocycles. The maximum atomic E-state index is 13.5. The molecule has 8 heteroatoms. The normalized spacial score (nSPS) is 23.9. The first kappa shape index (κ1) is 22.6. The SMILES string of the molecule is CC(C)(O)c1cccc(C(=O)NC2CC3(NC(=O)COc4ccc(Cl)c(F)c4)CC2C3)c1. The maximum Gasteiger partial charge on any atom is 0.258 e. The van der Waals surface area contributed by atoms with Gasteiger partial charge in [0.2, 0.25) is 0 Å². The number of hydrogen-bond acceptors (Lipinski definition) is 4. The third-order valence-electron chi connectivity index (χ3n) is 6.30. The Kier molecular flexibility index (Phi) is 5.90. The molecule has 0 aromatic heterocycles. The van der Waals surface area contributed by atoms with Crippen molar-refractivity contribution in [2.75, 3.05) is 6.61 Å². The summed E-state index contributed by atoms with van der Waals surface area (Å²) in [6.07, 6.45) is 2.24. The molecule has 2 aromatic rings. The Bertz CT molecular complexity index is 1050. The third kappa shape index (κ3) is 4.74. The Morgan fingerprint density at radius 2 is 1.97 bits per heavy atom. The van der Waals surface area contributed by atoms with E-state index >= 15 is 0 Å². The number of fused-ring (bicyclic) bond motifs is 1. The van der Waals surface area contributed by atoms with Gasteiger partial charge in [-0.25, -0.2) is 4.39 Å². The van der Waals surface area contributed by atoms with Crippen molar-refractivity contribution in [3.05, 3.63) is 64.4 Å². The van der Waals surface area contributed by atoms with Gasteiger partial charge in [-0.3, -0.25) is 9.59 Å². The highest BCUT2D eigenvalue weighted by Gasteiger charge is 2.57. The summed E-state index contributed by atoms with van der Waals surface area (Å²) in [6, 6.07) is 11.0. The van der Waals surface area contributed by atoms with Crippen molar-refractivity contribution in [1.82, 2.24) is 10.6 Å². The zero-order valence-corrected chi connectivity index (χ0v) is 18.7. The van der Waals surface area contributed by atoms with Crippen molar-refractivity contribution in [3.63, 3.8) is 0 Å². The standard InChI is InChI=1S/C24H26ClFN2O4/c1-23(2,31)16-5-3-4-14(8-16)22(30)27-20-12-24(10-15(20)11-24)28-21(29)13-32-17-6-7-18(25)19(26)9-17/h3-9,15,20,31H,10-13H2,1-2H3,(H,27,30)(H,28,29). The number of halogens is 2. The van der Waals surface area contributed by atoms with E-state index in [0.29, 0.717) is 23.5 Å². The third-order valence-corrected chi connectivity index (χ3v) is 6.61.